The van der Waals surface area contributed by atoms with Crippen molar-refractivity contribution in [3.05, 3.63) is 35.4 Å². The zero-order valence-electron chi connectivity index (χ0n) is 7.03. The van der Waals surface area contributed by atoms with Crippen LogP contribution in [0.3, 0.4) is 0 Å². The van der Waals surface area contributed by atoms with Crippen LogP contribution in [0.1, 0.15) is 23.7 Å². The van der Waals surface area contributed by atoms with Crippen LogP contribution in [0.5, 0.6) is 0 Å². The molecule has 1 heterocycles. The van der Waals surface area contributed by atoms with Crippen molar-refractivity contribution in [1.82, 2.24) is 0 Å². The number of oxime groups is 1. The molecule has 0 fully saturated rings. The van der Waals surface area contributed by atoms with Crippen molar-refractivity contribution in [2.75, 3.05) is 0 Å². The quantitative estimate of drug-likeness (QED) is 0.620. The molecule has 1 aliphatic rings. The molecule has 0 aliphatic carbocycles. The second-order valence-corrected chi connectivity index (χ2v) is 3.03. The minimum Gasteiger partial charge on any atom is -0.388 e. The number of benzene rings is 1. The molecule has 2 heteroatoms. The summed E-state index contributed by atoms with van der Waals surface area (Å²) in [6.07, 6.45) is 2.85. The number of hydrogen-bond acceptors (Lipinski definition) is 2. The van der Waals surface area contributed by atoms with Crippen molar-refractivity contribution in [2.24, 2.45) is 5.16 Å². The van der Waals surface area contributed by atoms with Gasteiger partial charge in [-0.05, 0) is 12.5 Å². The Morgan fingerprint density at radius 2 is 2.08 bits per heavy atom. The zero-order valence-corrected chi connectivity index (χ0v) is 7.03. The van der Waals surface area contributed by atoms with Crippen molar-refractivity contribution in [2.45, 2.75) is 19.4 Å². The molecular weight excluding hydrogens is 150 g/mol. The third-order valence-corrected chi connectivity index (χ3v) is 2.03. The van der Waals surface area contributed by atoms with Gasteiger partial charge in [0.15, 0.2) is 6.10 Å². The fraction of sp³-hybridized carbons (Fsp3) is 0.300. The van der Waals surface area contributed by atoms with Gasteiger partial charge >= 0.3 is 0 Å². The van der Waals surface area contributed by atoms with Gasteiger partial charge in [0.25, 0.3) is 0 Å². The first kappa shape index (κ1) is 7.35. The summed E-state index contributed by atoms with van der Waals surface area (Å²) in [7, 11) is 0. The normalized spacial score (nSPS) is 20.9. The van der Waals surface area contributed by atoms with Gasteiger partial charge in [0.2, 0.25) is 0 Å². The fourth-order valence-electron chi connectivity index (χ4n) is 1.28. The summed E-state index contributed by atoms with van der Waals surface area (Å²) in [5, 5.41) is 3.74. The maximum absolute atomic E-state index is 5.15. The lowest BCUT2D eigenvalue weighted by molar-refractivity contribution is 0.0858. The molecule has 0 spiro atoms. The Balaban J connectivity index is 2.18. The maximum atomic E-state index is 5.15. The standard InChI is InChI=1S/C10H11NO/c1-8-2-4-9(5-3-8)10-6-7-11-12-10/h2-5,7,10H,6H2,1H3/t10-/m0/s1. The number of aryl methyl sites for hydroxylation is 1. The van der Waals surface area contributed by atoms with E-state index in [9.17, 15) is 0 Å². The van der Waals surface area contributed by atoms with Crippen LogP contribution in [0.25, 0.3) is 0 Å². The van der Waals surface area contributed by atoms with Gasteiger partial charge < -0.3 is 4.84 Å². The van der Waals surface area contributed by atoms with Crippen molar-refractivity contribution in [3.63, 3.8) is 0 Å². The van der Waals surface area contributed by atoms with E-state index in [1.165, 1.54) is 11.1 Å². The highest BCUT2D eigenvalue weighted by molar-refractivity contribution is 5.59. The van der Waals surface area contributed by atoms with Gasteiger partial charge in [0.1, 0.15) is 0 Å². The van der Waals surface area contributed by atoms with Crippen molar-refractivity contribution >= 4 is 6.21 Å². The lowest BCUT2D eigenvalue weighted by atomic mass is 10.1. The highest BCUT2D eigenvalue weighted by Gasteiger charge is 2.14. The van der Waals surface area contributed by atoms with Crippen LogP contribution >= 0.6 is 0 Å². The molecule has 0 N–H and O–H groups in total. The van der Waals surface area contributed by atoms with Crippen LogP contribution in [0, 0.1) is 6.92 Å². The maximum Gasteiger partial charge on any atom is 0.157 e. The van der Waals surface area contributed by atoms with E-state index in [1.807, 2.05) is 6.21 Å². The smallest absolute Gasteiger partial charge is 0.157 e. The van der Waals surface area contributed by atoms with E-state index in [4.69, 9.17) is 4.84 Å². The number of rotatable bonds is 1. The average molecular weight is 161 g/mol. The highest BCUT2D eigenvalue weighted by Crippen LogP contribution is 2.24. The van der Waals surface area contributed by atoms with Crippen LogP contribution < -0.4 is 0 Å². The van der Waals surface area contributed by atoms with E-state index in [0.29, 0.717) is 0 Å². The lowest BCUT2D eigenvalue weighted by Gasteiger charge is -2.07. The molecule has 0 unspecified atom stereocenters. The molecule has 0 saturated carbocycles. The van der Waals surface area contributed by atoms with Gasteiger partial charge in [0, 0.05) is 12.6 Å². The minimum atomic E-state index is 0.144. The van der Waals surface area contributed by atoms with Gasteiger partial charge in [-0.25, -0.2) is 0 Å². The van der Waals surface area contributed by atoms with Gasteiger partial charge in [-0.1, -0.05) is 35.0 Å². The van der Waals surface area contributed by atoms with E-state index in [2.05, 4.69) is 36.3 Å². The molecule has 2 rings (SSSR count). The summed E-state index contributed by atoms with van der Waals surface area (Å²) in [5.41, 5.74) is 2.48. The summed E-state index contributed by atoms with van der Waals surface area (Å²) in [5.74, 6) is 0. The SMILES string of the molecule is Cc1ccc([C@@H]2CC=NO2)cc1. The zero-order chi connectivity index (χ0) is 8.39. The van der Waals surface area contributed by atoms with Crippen LogP contribution in [-0.4, -0.2) is 6.21 Å². The highest BCUT2D eigenvalue weighted by atomic mass is 16.6. The molecule has 1 atom stereocenters. The molecule has 0 bridgehead atoms. The van der Waals surface area contributed by atoms with Crippen molar-refractivity contribution < 1.29 is 4.84 Å². The Labute approximate surface area is 71.8 Å². The summed E-state index contributed by atoms with van der Waals surface area (Å²) in [6, 6.07) is 8.37. The number of hydrogen-bond donors (Lipinski definition) is 0. The van der Waals surface area contributed by atoms with E-state index < -0.39 is 0 Å². The summed E-state index contributed by atoms with van der Waals surface area (Å²) >= 11 is 0. The predicted molar refractivity (Wildman–Crippen MR) is 48.1 cm³/mol. The fourth-order valence-corrected chi connectivity index (χ4v) is 1.28. The van der Waals surface area contributed by atoms with E-state index in [0.717, 1.165) is 6.42 Å². The first-order valence-corrected chi connectivity index (χ1v) is 4.10. The first-order chi connectivity index (χ1) is 5.86. The van der Waals surface area contributed by atoms with Gasteiger partial charge in [0.05, 0.1) is 0 Å². The topological polar surface area (TPSA) is 21.6 Å². The molecule has 62 valence electrons. The molecule has 0 aromatic heterocycles. The molecule has 2 nitrogen and oxygen atoms in total. The minimum absolute atomic E-state index is 0.144. The van der Waals surface area contributed by atoms with E-state index >= 15 is 0 Å². The van der Waals surface area contributed by atoms with Gasteiger partial charge in [-0.3, -0.25) is 0 Å². The Morgan fingerprint density at radius 3 is 2.67 bits per heavy atom. The molecule has 0 radical (unpaired) electrons. The largest absolute Gasteiger partial charge is 0.388 e. The average Bonchev–Trinajstić information content (AvgIpc) is 2.58. The first-order valence-electron chi connectivity index (χ1n) is 4.10. The van der Waals surface area contributed by atoms with Gasteiger partial charge in [-0.2, -0.15) is 0 Å². The summed E-state index contributed by atoms with van der Waals surface area (Å²) < 4.78 is 0. The van der Waals surface area contributed by atoms with Crippen LogP contribution in [-0.2, 0) is 4.84 Å². The molecule has 12 heavy (non-hydrogen) atoms. The number of nitrogens with zero attached hydrogens (tertiary/aromatic N) is 1. The van der Waals surface area contributed by atoms with E-state index in [-0.39, 0.29) is 6.10 Å². The molecular formula is C10H11NO. The Morgan fingerprint density at radius 1 is 1.33 bits per heavy atom. The Bertz CT molecular complexity index is 281. The summed E-state index contributed by atoms with van der Waals surface area (Å²) in [4.78, 5) is 5.15. The molecule has 0 saturated heterocycles. The molecule has 0 amide bonds. The third kappa shape index (κ3) is 1.33. The van der Waals surface area contributed by atoms with Crippen LogP contribution in [0.4, 0.5) is 0 Å². The Hall–Kier alpha value is -1.31. The van der Waals surface area contributed by atoms with Gasteiger partial charge in [-0.15, -0.1) is 0 Å². The van der Waals surface area contributed by atoms with Crippen molar-refractivity contribution in [1.29, 1.82) is 0 Å². The second kappa shape index (κ2) is 2.97. The summed E-state index contributed by atoms with van der Waals surface area (Å²) in [6.45, 7) is 2.08. The molecule has 1 aromatic rings. The van der Waals surface area contributed by atoms with Crippen LogP contribution in [0.2, 0.25) is 0 Å². The molecule has 1 aliphatic heterocycles. The lowest BCUT2D eigenvalue weighted by Crippen LogP contribution is -1.94. The predicted octanol–water partition coefficient (Wildman–Crippen LogP) is 2.44. The Kier molecular flexibility index (Phi) is 1.82. The second-order valence-electron chi connectivity index (χ2n) is 3.03. The third-order valence-electron chi connectivity index (χ3n) is 2.03. The molecule has 1 aromatic carbocycles. The van der Waals surface area contributed by atoms with E-state index in [1.54, 1.807) is 0 Å². The monoisotopic (exact) mass is 161 g/mol. The van der Waals surface area contributed by atoms with Crippen LogP contribution in [0.15, 0.2) is 29.4 Å². The van der Waals surface area contributed by atoms with Crippen molar-refractivity contribution in [3.8, 4) is 0 Å².